The highest BCUT2D eigenvalue weighted by molar-refractivity contribution is 6.25. The van der Waals surface area contributed by atoms with Gasteiger partial charge in [0, 0.05) is 0 Å². The molecule has 0 unspecified atom stereocenters. The first-order valence-electron chi connectivity index (χ1n) is 3.95. The van der Waals surface area contributed by atoms with Gasteiger partial charge in [-0.1, -0.05) is 0 Å². The van der Waals surface area contributed by atoms with Crippen LogP contribution in [0.5, 0.6) is 0 Å². The highest BCUT2D eigenvalue weighted by atomic mass is 16.1. The van der Waals surface area contributed by atoms with E-state index in [-0.39, 0.29) is 34.3 Å². The van der Waals surface area contributed by atoms with Crippen LogP contribution >= 0.6 is 0 Å². The van der Waals surface area contributed by atoms with Crippen LogP contribution in [0.2, 0.25) is 0 Å². The largest absolute Gasteiger partial charge is 0.341 e. The number of fused-ring (bicyclic) bond motifs is 2. The van der Waals surface area contributed by atoms with E-state index in [1.807, 2.05) is 0 Å². The van der Waals surface area contributed by atoms with Gasteiger partial charge >= 0.3 is 0 Å². The van der Waals surface area contributed by atoms with Gasteiger partial charge in [-0.3, -0.25) is 9.59 Å². The molecule has 68 valence electrons. The zero-order chi connectivity index (χ0) is 9.71. The number of carbonyl (C=O) groups is 2. The van der Waals surface area contributed by atoms with Gasteiger partial charge in [-0.2, -0.15) is 0 Å². The molecule has 0 fully saturated rings. The first-order chi connectivity index (χ1) is 6.79. The van der Waals surface area contributed by atoms with Crippen LogP contribution in [-0.2, 0) is 0 Å². The van der Waals surface area contributed by atoms with Crippen LogP contribution in [0.15, 0.2) is 12.7 Å². The second-order valence-corrected chi connectivity index (χ2v) is 2.91. The van der Waals surface area contributed by atoms with Gasteiger partial charge in [-0.25, -0.2) is 9.97 Å². The van der Waals surface area contributed by atoms with Crippen LogP contribution in [0.25, 0.3) is 0 Å². The standard InChI is InChI=1S/C8H4N4O2/c13-7-3-4(10-1-9-3)8(14)6-5(7)11-2-12-6/h1-2H,(H,9,10)(H,11,12). The van der Waals surface area contributed by atoms with Crippen molar-refractivity contribution in [2.75, 3.05) is 0 Å². The van der Waals surface area contributed by atoms with Gasteiger partial charge in [0.1, 0.15) is 22.8 Å². The summed E-state index contributed by atoms with van der Waals surface area (Å²) in [6.45, 7) is 0. The van der Waals surface area contributed by atoms with E-state index in [1.165, 1.54) is 12.7 Å². The fourth-order valence-corrected chi connectivity index (χ4v) is 1.52. The maximum absolute atomic E-state index is 11.7. The number of nitrogens with one attached hydrogen (secondary N) is 2. The minimum absolute atomic E-state index is 0.159. The quantitative estimate of drug-likeness (QED) is 0.515. The van der Waals surface area contributed by atoms with Crippen molar-refractivity contribution in [3.05, 3.63) is 35.4 Å². The van der Waals surface area contributed by atoms with Crippen LogP contribution in [-0.4, -0.2) is 31.5 Å². The molecule has 0 amide bonds. The molecule has 0 spiro atoms. The molecule has 14 heavy (non-hydrogen) atoms. The number of imidazole rings is 2. The first kappa shape index (κ1) is 7.19. The van der Waals surface area contributed by atoms with Crippen LogP contribution in [0.1, 0.15) is 32.4 Å². The average molecular weight is 188 g/mol. The Hall–Kier alpha value is -2.24. The second-order valence-electron chi connectivity index (χ2n) is 2.91. The molecule has 6 nitrogen and oxygen atoms in total. The van der Waals surface area contributed by atoms with E-state index in [1.54, 1.807) is 0 Å². The molecule has 0 saturated heterocycles. The molecular formula is C8H4N4O2. The van der Waals surface area contributed by atoms with Gasteiger partial charge in [0.15, 0.2) is 0 Å². The Kier molecular flexibility index (Phi) is 1.11. The molecule has 1 aliphatic rings. The summed E-state index contributed by atoms with van der Waals surface area (Å²) in [4.78, 5) is 36.2. The lowest BCUT2D eigenvalue weighted by molar-refractivity contribution is 0.0969. The molecule has 0 aromatic carbocycles. The summed E-state index contributed by atoms with van der Waals surface area (Å²) in [5, 5.41) is 0. The maximum atomic E-state index is 11.7. The molecule has 2 heterocycles. The SMILES string of the molecule is O=C1c2nc[nH]c2C(=O)c2nc[nH]c21. The first-order valence-corrected chi connectivity index (χ1v) is 3.95. The van der Waals surface area contributed by atoms with Crippen molar-refractivity contribution < 1.29 is 9.59 Å². The van der Waals surface area contributed by atoms with Crippen LogP contribution in [0.3, 0.4) is 0 Å². The van der Waals surface area contributed by atoms with Crippen LogP contribution in [0.4, 0.5) is 0 Å². The summed E-state index contributed by atoms with van der Waals surface area (Å²) in [6, 6.07) is 0. The Bertz CT molecular complexity index is 460. The van der Waals surface area contributed by atoms with Gasteiger partial charge in [0.25, 0.3) is 0 Å². The Labute approximate surface area is 77.4 Å². The number of H-pyrrole nitrogens is 2. The average Bonchev–Trinajstić information content (AvgIpc) is 2.82. The maximum Gasteiger partial charge on any atom is 0.232 e. The van der Waals surface area contributed by atoms with Gasteiger partial charge in [0.05, 0.1) is 12.7 Å². The Morgan fingerprint density at radius 3 is 1.71 bits per heavy atom. The van der Waals surface area contributed by atoms with Crippen molar-refractivity contribution in [3.63, 3.8) is 0 Å². The summed E-state index contributed by atoms with van der Waals surface area (Å²) in [5.74, 6) is -0.596. The predicted molar refractivity (Wildman–Crippen MR) is 44.0 cm³/mol. The van der Waals surface area contributed by atoms with E-state index < -0.39 is 0 Å². The lowest BCUT2D eigenvalue weighted by Crippen LogP contribution is -2.20. The van der Waals surface area contributed by atoms with Crippen molar-refractivity contribution in [1.29, 1.82) is 0 Å². The topological polar surface area (TPSA) is 91.5 Å². The van der Waals surface area contributed by atoms with Crippen molar-refractivity contribution in [2.45, 2.75) is 0 Å². The number of hydrogen-bond donors (Lipinski definition) is 2. The second kappa shape index (κ2) is 2.16. The van der Waals surface area contributed by atoms with Gasteiger partial charge in [-0.15, -0.1) is 0 Å². The Morgan fingerprint density at radius 1 is 0.857 bits per heavy atom. The van der Waals surface area contributed by atoms with Gasteiger partial charge in [-0.05, 0) is 0 Å². The molecule has 0 aliphatic heterocycles. The molecule has 0 atom stereocenters. The van der Waals surface area contributed by atoms with E-state index in [0.717, 1.165) is 0 Å². The Balaban J connectivity index is 2.37. The number of ketones is 2. The third-order valence-electron chi connectivity index (χ3n) is 2.16. The van der Waals surface area contributed by atoms with E-state index in [9.17, 15) is 9.59 Å². The van der Waals surface area contributed by atoms with Crippen molar-refractivity contribution in [2.24, 2.45) is 0 Å². The lowest BCUT2D eigenvalue weighted by atomic mass is 10.00. The summed E-state index contributed by atoms with van der Waals surface area (Å²) in [7, 11) is 0. The van der Waals surface area contributed by atoms with Crippen molar-refractivity contribution in [3.8, 4) is 0 Å². The van der Waals surface area contributed by atoms with Gasteiger partial charge in [0.2, 0.25) is 11.6 Å². The minimum atomic E-state index is -0.298. The minimum Gasteiger partial charge on any atom is -0.341 e. The number of carbonyl (C=O) groups excluding carboxylic acids is 2. The zero-order valence-corrected chi connectivity index (χ0v) is 6.87. The van der Waals surface area contributed by atoms with E-state index in [4.69, 9.17) is 0 Å². The highest BCUT2D eigenvalue weighted by Gasteiger charge is 2.34. The number of aromatic nitrogens is 4. The van der Waals surface area contributed by atoms with Crippen molar-refractivity contribution in [1.82, 2.24) is 19.9 Å². The normalized spacial score (nSPS) is 14.0. The molecule has 0 saturated carbocycles. The number of aromatic amines is 2. The smallest absolute Gasteiger partial charge is 0.232 e. The summed E-state index contributed by atoms with van der Waals surface area (Å²) in [5.41, 5.74) is 0.753. The predicted octanol–water partition coefficient (Wildman–Crippen LogP) is -0.0918. The monoisotopic (exact) mass is 188 g/mol. The number of rotatable bonds is 0. The van der Waals surface area contributed by atoms with Gasteiger partial charge < -0.3 is 9.97 Å². The third kappa shape index (κ3) is 0.657. The molecule has 1 aliphatic carbocycles. The summed E-state index contributed by atoms with van der Waals surface area (Å²) >= 11 is 0. The molecular weight excluding hydrogens is 184 g/mol. The molecule has 2 N–H and O–H groups in total. The lowest BCUT2D eigenvalue weighted by Gasteiger charge is -2.06. The molecule has 6 heteroatoms. The molecule has 2 aromatic heterocycles. The van der Waals surface area contributed by atoms with E-state index in [0.29, 0.717) is 0 Å². The molecule has 0 bridgehead atoms. The van der Waals surface area contributed by atoms with Crippen molar-refractivity contribution >= 4 is 11.6 Å². The molecule has 3 rings (SSSR count). The van der Waals surface area contributed by atoms with E-state index >= 15 is 0 Å². The fraction of sp³-hybridized carbons (Fsp3) is 0. The zero-order valence-electron chi connectivity index (χ0n) is 6.87. The molecule has 2 aromatic rings. The van der Waals surface area contributed by atoms with Crippen LogP contribution in [0, 0.1) is 0 Å². The van der Waals surface area contributed by atoms with Crippen LogP contribution < -0.4 is 0 Å². The number of nitrogens with zero attached hydrogens (tertiary/aromatic N) is 2. The highest BCUT2D eigenvalue weighted by Crippen LogP contribution is 2.21. The number of hydrogen-bond acceptors (Lipinski definition) is 4. The summed E-state index contributed by atoms with van der Waals surface area (Å²) in [6.07, 6.45) is 2.65. The Morgan fingerprint density at radius 2 is 1.29 bits per heavy atom. The molecule has 0 radical (unpaired) electrons. The third-order valence-corrected chi connectivity index (χ3v) is 2.16. The fourth-order valence-electron chi connectivity index (χ4n) is 1.52. The summed E-state index contributed by atoms with van der Waals surface area (Å²) < 4.78 is 0. The van der Waals surface area contributed by atoms with E-state index in [2.05, 4.69) is 19.9 Å².